The summed E-state index contributed by atoms with van der Waals surface area (Å²) in [5.74, 6) is 0.367. The van der Waals surface area contributed by atoms with E-state index < -0.39 is 17.7 Å². The topological polar surface area (TPSA) is 119 Å². The number of halogens is 1. The molecule has 1 aliphatic heterocycles. The van der Waals surface area contributed by atoms with Crippen LogP contribution in [-0.4, -0.2) is 22.8 Å². The van der Waals surface area contributed by atoms with Crippen molar-refractivity contribution in [3.63, 3.8) is 0 Å². The Kier molecular flexibility index (Phi) is 5.15. The molecule has 28 heavy (non-hydrogen) atoms. The number of aliphatic hydroxyl groups is 1. The van der Waals surface area contributed by atoms with Gasteiger partial charge < -0.3 is 20.5 Å². The first-order valence-electron chi connectivity index (χ1n) is 8.47. The Labute approximate surface area is 167 Å². The van der Waals surface area contributed by atoms with Crippen molar-refractivity contribution in [2.75, 3.05) is 4.90 Å². The van der Waals surface area contributed by atoms with Crippen molar-refractivity contribution in [2.45, 2.75) is 31.6 Å². The third-order valence-corrected chi connectivity index (χ3v) is 4.96. The molecular weight excluding hydrogens is 378 g/mol. The number of nitrogens with two attached hydrogens (primary N) is 1. The molecule has 2 atom stereocenters. The molecule has 0 amide bonds. The molecule has 2 aromatic carbocycles. The van der Waals surface area contributed by atoms with Crippen LogP contribution in [0.5, 0.6) is 5.75 Å². The lowest BCUT2D eigenvalue weighted by molar-refractivity contribution is -0.0565. The molecule has 0 saturated heterocycles. The maximum atomic E-state index is 11.2. The summed E-state index contributed by atoms with van der Waals surface area (Å²) < 4.78 is 5.95. The van der Waals surface area contributed by atoms with Crippen molar-refractivity contribution in [3.8, 4) is 18.0 Å². The van der Waals surface area contributed by atoms with E-state index in [0.29, 0.717) is 27.6 Å². The number of nitrogens with zero attached hydrogens (tertiary/aromatic N) is 4. The smallest absolute Gasteiger partial charge is 0.212 e. The van der Waals surface area contributed by atoms with E-state index in [-0.39, 0.29) is 5.96 Å². The highest BCUT2D eigenvalue weighted by molar-refractivity contribution is 6.33. The van der Waals surface area contributed by atoms with Gasteiger partial charge in [0.15, 0.2) is 0 Å². The highest BCUT2D eigenvalue weighted by Gasteiger charge is 2.47. The zero-order valence-corrected chi connectivity index (χ0v) is 16.1. The van der Waals surface area contributed by atoms with Crippen molar-refractivity contribution in [1.29, 1.82) is 10.5 Å². The van der Waals surface area contributed by atoms with Crippen molar-refractivity contribution in [2.24, 2.45) is 10.7 Å². The number of hydrogen-bond donors (Lipinski definition) is 2. The molecule has 3 N–H and O–H groups in total. The van der Waals surface area contributed by atoms with Gasteiger partial charge in [0.05, 0.1) is 28.4 Å². The van der Waals surface area contributed by atoms with Crippen molar-refractivity contribution in [1.82, 2.24) is 0 Å². The Hall–Kier alpha value is -3.26. The number of nitriles is 2. The summed E-state index contributed by atoms with van der Waals surface area (Å²) >= 11 is 6.39. The second-order valence-corrected chi connectivity index (χ2v) is 7.26. The summed E-state index contributed by atoms with van der Waals surface area (Å²) in [5.41, 5.74) is 6.55. The van der Waals surface area contributed by atoms with Crippen molar-refractivity contribution in [3.05, 3.63) is 58.6 Å². The van der Waals surface area contributed by atoms with Gasteiger partial charge in [0, 0.05) is 5.56 Å². The molecule has 7 nitrogen and oxygen atoms in total. The van der Waals surface area contributed by atoms with Crippen LogP contribution in [0, 0.1) is 22.8 Å². The number of guanidine groups is 1. The van der Waals surface area contributed by atoms with E-state index in [1.807, 2.05) is 0 Å². The van der Waals surface area contributed by atoms with Gasteiger partial charge in [0.1, 0.15) is 17.5 Å². The van der Waals surface area contributed by atoms with Gasteiger partial charge in [-0.2, -0.15) is 10.5 Å². The third kappa shape index (κ3) is 3.34. The molecule has 1 heterocycles. The van der Waals surface area contributed by atoms with Gasteiger partial charge in [0.25, 0.3) is 0 Å². The second-order valence-electron chi connectivity index (χ2n) is 6.85. The lowest BCUT2D eigenvalue weighted by Crippen LogP contribution is -2.56. The Bertz CT molecular complexity index is 1020. The molecule has 0 fully saturated rings. The summed E-state index contributed by atoms with van der Waals surface area (Å²) in [6.45, 7) is 3.49. The van der Waals surface area contributed by atoms with Gasteiger partial charge >= 0.3 is 0 Å². The van der Waals surface area contributed by atoms with Gasteiger partial charge in [-0.25, -0.2) is 0 Å². The summed E-state index contributed by atoms with van der Waals surface area (Å²) in [6.07, 6.45) is 0.600. The Balaban J connectivity index is 2.30. The molecule has 0 radical (unpaired) electrons. The average molecular weight is 396 g/mol. The van der Waals surface area contributed by atoms with Crippen LogP contribution < -0.4 is 15.4 Å². The molecule has 0 spiro atoms. The van der Waals surface area contributed by atoms with Gasteiger partial charge in [-0.1, -0.05) is 23.7 Å². The summed E-state index contributed by atoms with van der Waals surface area (Å²) in [5, 5.41) is 29.9. The molecule has 2 aromatic rings. The summed E-state index contributed by atoms with van der Waals surface area (Å²) in [7, 11) is 0. The summed E-state index contributed by atoms with van der Waals surface area (Å²) in [4.78, 5) is 5.17. The number of aliphatic hydroxyl groups excluding tert-OH is 1. The van der Waals surface area contributed by atoms with E-state index in [4.69, 9.17) is 27.3 Å². The first-order chi connectivity index (χ1) is 13.3. The van der Waals surface area contributed by atoms with E-state index >= 15 is 0 Å². The average Bonchev–Trinajstić information content (AvgIpc) is 2.66. The Morgan fingerprint density at radius 3 is 2.64 bits per heavy atom. The zero-order valence-electron chi connectivity index (χ0n) is 15.3. The van der Waals surface area contributed by atoms with Gasteiger partial charge in [-0.05, 0) is 44.2 Å². The monoisotopic (exact) mass is 395 g/mol. The Morgan fingerprint density at radius 2 is 2.00 bits per heavy atom. The molecule has 0 bridgehead atoms. The fourth-order valence-corrected chi connectivity index (χ4v) is 3.51. The molecule has 0 saturated carbocycles. The predicted molar refractivity (Wildman–Crippen MR) is 106 cm³/mol. The van der Waals surface area contributed by atoms with E-state index in [1.54, 1.807) is 62.5 Å². The van der Waals surface area contributed by atoms with E-state index in [2.05, 4.69) is 11.1 Å². The highest BCUT2D eigenvalue weighted by atomic mass is 35.5. The lowest BCUT2D eigenvalue weighted by atomic mass is 9.84. The van der Waals surface area contributed by atoms with Crippen LogP contribution in [0.15, 0.2) is 47.5 Å². The minimum absolute atomic E-state index is 0.134. The Morgan fingerprint density at radius 1 is 1.29 bits per heavy atom. The lowest BCUT2D eigenvalue weighted by Gasteiger charge is -2.46. The largest absolute Gasteiger partial charge is 0.485 e. The predicted octanol–water partition coefficient (Wildman–Crippen LogP) is 3.09. The third-order valence-electron chi connectivity index (χ3n) is 4.64. The molecule has 2 unspecified atom stereocenters. The number of benzene rings is 2. The molecular formula is C20H18ClN5O2. The molecule has 1 aliphatic rings. The molecule has 0 aromatic heterocycles. The SMILES string of the molecule is CC1(C)Oc2ccc(C#N)cc2C(N(/C(N)=N\C#N)c2ccccc2Cl)C1O. The van der Waals surface area contributed by atoms with Crippen LogP contribution in [-0.2, 0) is 0 Å². The van der Waals surface area contributed by atoms with Crippen LogP contribution in [0.4, 0.5) is 5.69 Å². The minimum Gasteiger partial charge on any atom is -0.485 e. The zero-order chi connectivity index (χ0) is 20.5. The molecule has 8 heteroatoms. The quantitative estimate of drug-likeness (QED) is 0.458. The van der Waals surface area contributed by atoms with Crippen LogP contribution >= 0.6 is 11.6 Å². The number of rotatable bonds is 2. The summed E-state index contributed by atoms with van der Waals surface area (Å²) in [6, 6.07) is 13.1. The number of hydrogen-bond acceptors (Lipinski definition) is 5. The van der Waals surface area contributed by atoms with Gasteiger partial charge in [0.2, 0.25) is 12.2 Å². The number of ether oxygens (including phenoxy) is 1. The van der Waals surface area contributed by atoms with Crippen LogP contribution in [0.25, 0.3) is 0 Å². The molecule has 0 aliphatic carbocycles. The van der Waals surface area contributed by atoms with Gasteiger partial charge in [-0.15, -0.1) is 4.99 Å². The number of aliphatic imine (C=N–C) groups is 1. The van der Waals surface area contributed by atoms with Crippen molar-refractivity contribution >= 4 is 23.2 Å². The fraction of sp³-hybridized carbons (Fsp3) is 0.250. The van der Waals surface area contributed by atoms with E-state index in [9.17, 15) is 10.4 Å². The molecule has 142 valence electrons. The first-order valence-corrected chi connectivity index (χ1v) is 8.85. The van der Waals surface area contributed by atoms with Crippen LogP contribution in [0.1, 0.15) is 31.0 Å². The second kappa shape index (κ2) is 7.40. The number of fused-ring (bicyclic) bond motifs is 1. The number of para-hydroxylation sites is 1. The standard InChI is InChI=1S/C20H18ClN5O2/c1-20(2)18(27)17(13-9-12(10-22)7-8-16(13)28-20)26(19(24)25-11-23)15-6-4-3-5-14(15)21/h3-9,17-18,27H,1-2H3,(H2,24,25). The van der Waals surface area contributed by atoms with E-state index in [0.717, 1.165) is 0 Å². The van der Waals surface area contributed by atoms with Crippen LogP contribution in [0.3, 0.4) is 0 Å². The maximum Gasteiger partial charge on any atom is 0.212 e. The van der Waals surface area contributed by atoms with Gasteiger partial charge in [-0.3, -0.25) is 0 Å². The first kappa shape index (κ1) is 19.5. The maximum absolute atomic E-state index is 11.2. The highest BCUT2D eigenvalue weighted by Crippen LogP contribution is 2.45. The van der Waals surface area contributed by atoms with E-state index in [1.165, 1.54) is 4.90 Å². The number of anilines is 1. The molecule has 3 rings (SSSR count). The fourth-order valence-electron chi connectivity index (χ4n) is 3.28. The van der Waals surface area contributed by atoms with Crippen molar-refractivity contribution < 1.29 is 9.84 Å². The van der Waals surface area contributed by atoms with Crippen LogP contribution in [0.2, 0.25) is 5.02 Å². The normalized spacial score (nSPS) is 20.3. The minimum atomic E-state index is -1.07.